The molecule has 0 aromatic rings. The van der Waals surface area contributed by atoms with Gasteiger partial charge in [-0.05, 0) is 21.2 Å². The van der Waals surface area contributed by atoms with E-state index in [1.807, 2.05) is 21.2 Å². The van der Waals surface area contributed by atoms with Crippen LogP contribution in [0.5, 0.6) is 0 Å². The molecule has 1 nitrogen and oxygen atoms in total. The largest absolute Gasteiger partial charge is 0.235 e. The molecule has 34 valence electrons. The van der Waals surface area contributed by atoms with Gasteiger partial charge >= 0.3 is 0 Å². The number of thiol groups is 1. The Balaban J connectivity index is -0.0000000133. The first-order chi connectivity index (χ1) is 2.00. The molecule has 0 heterocycles. The molecule has 0 saturated carbocycles. The molecule has 0 spiro atoms. The summed E-state index contributed by atoms with van der Waals surface area (Å²) in [6, 6.07) is 0. The highest BCUT2D eigenvalue weighted by Crippen LogP contribution is 1.77. The van der Waals surface area contributed by atoms with Gasteiger partial charge in [-0.3, -0.25) is 0 Å². The van der Waals surface area contributed by atoms with E-state index in [-0.39, 0.29) is 7.43 Å². The second-order valence-electron chi connectivity index (χ2n) is 0. The van der Waals surface area contributed by atoms with Gasteiger partial charge in [0.25, 0.3) is 0 Å². The lowest BCUT2D eigenvalue weighted by Gasteiger charge is -1.06. The van der Waals surface area contributed by atoms with Crippen LogP contribution in [-0.2, 0) is 12.4 Å². The molecule has 0 atom stereocenters. The highest BCUT2D eigenvalue weighted by Gasteiger charge is 0.944. The van der Waals surface area contributed by atoms with Crippen molar-refractivity contribution in [1.82, 2.24) is 0 Å². The van der Waals surface area contributed by atoms with E-state index in [2.05, 4.69) is 22.2 Å². The molecule has 0 bridgehead atoms. The van der Waals surface area contributed by atoms with Crippen LogP contribution in [0.1, 0.15) is 7.43 Å². The lowest BCUT2D eigenvalue weighted by atomic mass is 12.0. The molecule has 0 aliphatic heterocycles. The van der Waals surface area contributed by atoms with Crippen LogP contribution in [0.4, 0.5) is 0 Å². The van der Waals surface area contributed by atoms with E-state index in [1.165, 1.54) is 0 Å². The van der Waals surface area contributed by atoms with Gasteiger partial charge in [0.1, 0.15) is 0 Å². The molecule has 0 aromatic carbocycles. The highest BCUT2D eigenvalue weighted by molar-refractivity contribution is 14.2. The van der Waals surface area contributed by atoms with Crippen LogP contribution in [-0.4, -0.2) is 0 Å². The van der Waals surface area contributed by atoms with Crippen molar-refractivity contribution in [2.24, 2.45) is 0 Å². The third-order valence-corrected chi connectivity index (χ3v) is 0. The topological polar surface area (TPSA) is 23.9 Å². The molecule has 0 aromatic heterocycles. The third-order valence-electron chi connectivity index (χ3n) is 0. The van der Waals surface area contributed by atoms with Crippen LogP contribution >= 0.6 is 31.0 Å². The number of rotatable bonds is 0. The van der Waals surface area contributed by atoms with Gasteiger partial charge in [-0.15, -0.1) is 9.80 Å². The van der Waals surface area contributed by atoms with Crippen LogP contribution in [0.25, 0.3) is 0 Å². The molecule has 0 fully saturated rings. The lowest BCUT2D eigenvalue weighted by molar-refractivity contribution is 1.67. The summed E-state index contributed by atoms with van der Waals surface area (Å²) in [7, 11) is 3.50. The first-order valence-electron chi connectivity index (χ1n) is 0.373. The van der Waals surface area contributed by atoms with Crippen molar-refractivity contribution in [1.29, 1.82) is 4.78 Å². The molecule has 1 N–H and O–H groups in total. The van der Waals surface area contributed by atoms with Gasteiger partial charge in [-0.1, -0.05) is 7.43 Å². The molecule has 0 aliphatic rings. The van der Waals surface area contributed by atoms with Gasteiger partial charge in [-0.25, -0.2) is 4.78 Å². The maximum atomic E-state index is 5.33. The van der Waals surface area contributed by atoms with Crippen LogP contribution in [0.2, 0.25) is 0 Å². The summed E-state index contributed by atoms with van der Waals surface area (Å²) in [6.45, 7) is 0. The zero-order valence-electron chi connectivity index (χ0n) is 1.73. The summed E-state index contributed by atoms with van der Waals surface area (Å²) in [5, 5.41) is 0. The van der Waals surface area contributed by atoms with E-state index >= 15 is 0 Å². The molecule has 0 radical (unpaired) electrons. The summed E-state index contributed by atoms with van der Waals surface area (Å²) in [5.41, 5.74) is 0. The van der Waals surface area contributed by atoms with Crippen LogP contribution < -0.4 is 0 Å². The fourth-order valence-corrected chi connectivity index (χ4v) is 0. The number of hydrogen-bond donors (Lipinski definition) is 2. The Bertz CT molecular complexity index is 9.61. The second-order valence-corrected chi connectivity index (χ2v) is 0. The standard InChI is InChI=1S/CH4.HIS.HNS/c;2*1-2/h1H4;2H;1H. The van der Waals surface area contributed by atoms with E-state index in [4.69, 9.17) is 4.78 Å². The molecule has 0 aliphatic carbocycles. The number of halogens is 1. The minimum atomic E-state index is 0. The Kier molecular flexibility index (Phi) is 234. The fourth-order valence-electron chi connectivity index (χ4n) is 0. The molecular weight excluding hydrogens is 217 g/mol. The second kappa shape index (κ2) is 70.9. The fraction of sp³-hybridized carbons (Fsp3) is 1.00. The number of nitrogens with one attached hydrogen (secondary N) is 1. The summed E-state index contributed by atoms with van der Waals surface area (Å²) >= 11 is 5.18. The smallest absolute Gasteiger partial charge is 0.0324 e. The summed E-state index contributed by atoms with van der Waals surface area (Å²) in [5.74, 6) is 0. The van der Waals surface area contributed by atoms with Gasteiger partial charge in [0.2, 0.25) is 0 Å². The SMILES string of the molecule is C.N=S.SI. The summed E-state index contributed by atoms with van der Waals surface area (Å²) < 4.78 is 5.33. The summed E-state index contributed by atoms with van der Waals surface area (Å²) in [6.07, 6.45) is 0. The zero-order chi connectivity index (χ0) is 4.00. The highest BCUT2D eigenvalue weighted by atomic mass is 127. The first kappa shape index (κ1) is 16.5. The van der Waals surface area contributed by atoms with Crippen molar-refractivity contribution in [3.05, 3.63) is 0 Å². The molecule has 4 heteroatoms. The monoisotopic (exact) mass is 223 g/mol. The minimum absolute atomic E-state index is 0. The predicted molar refractivity (Wildman–Crippen MR) is 39.8 cm³/mol. The molecule has 0 rings (SSSR count). The maximum Gasteiger partial charge on any atom is 0.0324 e. The molecule has 0 saturated heterocycles. The van der Waals surface area contributed by atoms with Crippen molar-refractivity contribution in [2.75, 3.05) is 0 Å². The van der Waals surface area contributed by atoms with E-state index in [9.17, 15) is 0 Å². The van der Waals surface area contributed by atoms with E-state index < -0.39 is 0 Å². The Morgan fingerprint density at radius 3 is 1.40 bits per heavy atom. The number of hydrogen-bond acceptors (Lipinski definition) is 3. The van der Waals surface area contributed by atoms with Crippen molar-refractivity contribution in [3.63, 3.8) is 0 Å². The molecule has 0 unspecified atom stereocenters. The third kappa shape index (κ3) is 40.5. The van der Waals surface area contributed by atoms with E-state index in [1.54, 1.807) is 0 Å². The minimum Gasteiger partial charge on any atom is -0.235 e. The van der Waals surface area contributed by atoms with Crippen molar-refractivity contribution in [2.45, 2.75) is 7.43 Å². The van der Waals surface area contributed by atoms with Crippen LogP contribution in [0, 0.1) is 4.78 Å². The summed E-state index contributed by atoms with van der Waals surface area (Å²) in [4.78, 5) is 0. The van der Waals surface area contributed by atoms with Crippen LogP contribution in [0.15, 0.2) is 0 Å². The Morgan fingerprint density at radius 1 is 1.40 bits per heavy atom. The van der Waals surface area contributed by atoms with Crippen molar-refractivity contribution >= 4 is 43.4 Å². The maximum absolute atomic E-state index is 5.33. The van der Waals surface area contributed by atoms with Gasteiger partial charge in [-0.2, -0.15) is 0 Å². The van der Waals surface area contributed by atoms with E-state index in [0.29, 0.717) is 0 Å². The van der Waals surface area contributed by atoms with Crippen LogP contribution in [0.3, 0.4) is 0 Å². The Hall–Kier alpha value is 1.10. The van der Waals surface area contributed by atoms with Gasteiger partial charge in [0, 0.05) is 12.4 Å². The van der Waals surface area contributed by atoms with Gasteiger partial charge < -0.3 is 0 Å². The van der Waals surface area contributed by atoms with E-state index in [0.717, 1.165) is 0 Å². The zero-order valence-corrected chi connectivity index (χ0v) is 5.60. The average Bonchev–Trinajstić information content (AvgIpc) is 1.50. The van der Waals surface area contributed by atoms with Crippen molar-refractivity contribution in [3.8, 4) is 0 Å². The molecule has 5 heavy (non-hydrogen) atoms. The van der Waals surface area contributed by atoms with Gasteiger partial charge in [0.05, 0.1) is 0 Å². The molecular formula is CH6INS2. The first-order valence-corrected chi connectivity index (χ1v) is 4.01. The molecule has 0 amide bonds. The lowest BCUT2D eigenvalue weighted by Crippen LogP contribution is -0.668. The average molecular weight is 223 g/mol. The quantitative estimate of drug-likeness (QED) is 0.477. The Morgan fingerprint density at radius 2 is 1.40 bits per heavy atom. The van der Waals surface area contributed by atoms with Gasteiger partial charge in [0.15, 0.2) is 0 Å². The predicted octanol–water partition coefficient (Wildman–Crippen LogP) is 2.20. The Labute approximate surface area is 55.5 Å². The van der Waals surface area contributed by atoms with Crippen molar-refractivity contribution < 1.29 is 0 Å². The normalized spacial score (nSPS) is 2.00.